The first-order chi connectivity index (χ1) is 24.9. The Morgan fingerprint density at radius 2 is 1.62 bits per heavy atom. The van der Waals surface area contributed by atoms with Crippen LogP contribution in [0.25, 0.3) is 10.4 Å². The lowest BCUT2D eigenvalue weighted by Gasteiger charge is -2.35. The van der Waals surface area contributed by atoms with Crippen LogP contribution in [0, 0.1) is 12.3 Å². The number of aliphatic hydroxyl groups is 1. The number of aryl methyl sites for hydroxylation is 1. The van der Waals surface area contributed by atoms with Gasteiger partial charge in [0, 0.05) is 51.9 Å². The quantitative estimate of drug-likeness (QED) is 0.153. The third-order valence-electron chi connectivity index (χ3n) is 8.37. The van der Waals surface area contributed by atoms with Crippen LogP contribution in [0.15, 0.2) is 29.8 Å². The summed E-state index contributed by atoms with van der Waals surface area (Å²) in [6, 6.07) is 5.95. The van der Waals surface area contributed by atoms with Crippen LogP contribution >= 0.6 is 11.3 Å². The Labute approximate surface area is 316 Å². The molecule has 2 heterocycles. The lowest BCUT2D eigenvalue weighted by molar-refractivity contribution is -0.144. The molecule has 1 fully saturated rings. The fourth-order valence-corrected chi connectivity index (χ4v) is 6.44. The number of Topliss-reactive ketones (excluding diaryl/α,β-unsaturated/α-hetero) is 1. The summed E-state index contributed by atoms with van der Waals surface area (Å²) in [7, 11) is 0. The van der Waals surface area contributed by atoms with E-state index in [1.807, 2.05) is 52.0 Å². The van der Waals surface area contributed by atoms with Crippen molar-refractivity contribution in [3.05, 3.63) is 41.0 Å². The SMILES string of the molecule is Cc1ncsc1-c1ccc(CNC(=O)[C@@H]2C[C@@H](O)CN2C(=O)[C@@H](NC(=O)CCC(=O)CCCOCCOCCNC(=O)OC(C)(C)C)C(C)(C)C)cc1. The molecule has 0 saturated carbocycles. The van der Waals surface area contributed by atoms with Crippen LogP contribution in [0.3, 0.4) is 0 Å². The lowest BCUT2D eigenvalue weighted by atomic mass is 9.85. The second-order valence-corrected chi connectivity index (χ2v) is 16.1. The first-order valence-electron chi connectivity index (χ1n) is 18.1. The number of aliphatic hydroxyl groups excluding tert-OH is 1. The van der Waals surface area contributed by atoms with Gasteiger partial charge in [-0.15, -0.1) is 11.3 Å². The minimum Gasteiger partial charge on any atom is -0.444 e. The summed E-state index contributed by atoms with van der Waals surface area (Å²) < 4.78 is 16.1. The van der Waals surface area contributed by atoms with Crippen molar-refractivity contribution in [2.75, 3.05) is 39.5 Å². The van der Waals surface area contributed by atoms with E-state index in [-0.39, 0.29) is 50.5 Å². The Kier molecular flexibility index (Phi) is 16.8. The zero-order valence-electron chi connectivity index (χ0n) is 32.1. The molecular weight excluding hydrogens is 703 g/mol. The average Bonchev–Trinajstić information content (AvgIpc) is 3.69. The summed E-state index contributed by atoms with van der Waals surface area (Å²) in [6.07, 6.45) is -0.630. The Morgan fingerprint density at radius 1 is 0.943 bits per heavy atom. The number of likely N-dealkylation sites (tertiary alicyclic amines) is 1. The number of β-amino-alcohol motifs (C(OH)–C–C–N with tert-alkyl or cyclic N) is 1. The molecule has 1 aromatic heterocycles. The fraction of sp³-hybridized carbons (Fsp3) is 0.632. The highest BCUT2D eigenvalue weighted by atomic mass is 32.1. The van der Waals surface area contributed by atoms with Crippen LogP contribution in [-0.4, -0.2) is 108 Å². The molecule has 0 spiro atoms. The molecular formula is C38H57N5O9S. The summed E-state index contributed by atoms with van der Waals surface area (Å²) in [6.45, 7) is 14.6. The van der Waals surface area contributed by atoms with Crippen LogP contribution in [0.1, 0.15) is 84.9 Å². The number of nitrogens with zero attached hydrogens (tertiary/aromatic N) is 2. The molecule has 0 unspecified atom stereocenters. The van der Waals surface area contributed by atoms with Gasteiger partial charge in [-0.2, -0.15) is 0 Å². The van der Waals surface area contributed by atoms with E-state index in [1.54, 1.807) is 37.6 Å². The topological polar surface area (TPSA) is 185 Å². The molecule has 1 aromatic carbocycles. The van der Waals surface area contributed by atoms with Crippen molar-refractivity contribution < 1.29 is 43.3 Å². The maximum absolute atomic E-state index is 13.9. The molecule has 1 aliphatic heterocycles. The number of hydrogen-bond acceptors (Lipinski definition) is 11. The van der Waals surface area contributed by atoms with Crippen molar-refractivity contribution >= 4 is 40.9 Å². The van der Waals surface area contributed by atoms with Gasteiger partial charge in [0.1, 0.15) is 23.5 Å². The van der Waals surface area contributed by atoms with E-state index in [4.69, 9.17) is 14.2 Å². The molecule has 4 N–H and O–H groups in total. The number of ketones is 1. The van der Waals surface area contributed by atoms with Gasteiger partial charge in [0.2, 0.25) is 17.7 Å². The Bertz CT molecular complexity index is 1520. The molecule has 0 bridgehead atoms. The molecule has 3 atom stereocenters. The van der Waals surface area contributed by atoms with Crippen molar-refractivity contribution in [1.82, 2.24) is 25.8 Å². The van der Waals surface area contributed by atoms with Crippen LogP contribution < -0.4 is 16.0 Å². The number of carbonyl (C=O) groups is 5. The Balaban J connectivity index is 1.38. The predicted molar refractivity (Wildman–Crippen MR) is 201 cm³/mol. The van der Waals surface area contributed by atoms with Gasteiger partial charge in [-0.3, -0.25) is 19.2 Å². The molecule has 4 amide bonds. The molecule has 0 aliphatic carbocycles. The molecule has 1 saturated heterocycles. The van der Waals surface area contributed by atoms with E-state index in [9.17, 15) is 29.1 Å². The molecule has 0 radical (unpaired) electrons. The van der Waals surface area contributed by atoms with Gasteiger partial charge in [-0.25, -0.2) is 9.78 Å². The highest BCUT2D eigenvalue weighted by Gasteiger charge is 2.44. The van der Waals surface area contributed by atoms with Crippen LogP contribution in [0.5, 0.6) is 0 Å². The second kappa shape index (κ2) is 20.5. The summed E-state index contributed by atoms with van der Waals surface area (Å²) in [4.78, 5) is 70.9. The summed E-state index contributed by atoms with van der Waals surface area (Å²) in [5.74, 6) is -1.39. The van der Waals surface area contributed by atoms with Gasteiger partial charge >= 0.3 is 6.09 Å². The number of nitrogens with one attached hydrogen (secondary N) is 3. The smallest absolute Gasteiger partial charge is 0.407 e. The lowest BCUT2D eigenvalue weighted by Crippen LogP contribution is -2.57. The number of hydrogen-bond donors (Lipinski definition) is 4. The third-order valence-corrected chi connectivity index (χ3v) is 9.35. The number of thiazole rings is 1. The van der Waals surface area contributed by atoms with E-state index in [1.165, 1.54) is 4.90 Å². The van der Waals surface area contributed by atoms with Gasteiger partial charge in [-0.05, 0) is 50.7 Å². The Hall–Kier alpha value is -3.92. The van der Waals surface area contributed by atoms with Gasteiger partial charge in [-0.1, -0.05) is 45.0 Å². The summed E-state index contributed by atoms with van der Waals surface area (Å²) in [5.41, 5.74) is 3.42. The second-order valence-electron chi connectivity index (χ2n) is 15.2. The van der Waals surface area contributed by atoms with Gasteiger partial charge in [0.15, 0.2) is 0 Å². The maximum Gasteiger partial charge on any atom is 0.407 e. The molecule has 2 aromatic rings. The first kappa shape index (κ1) is 43.5. The number of amides is 4. The number of ether oxygens (including phenoxy) is 3. The van der Waals surface area contributed by atoms with Crippen LogP contribution in [-0.2, 0) is 39.9 Å². The van der Waals surface area contributed by atoms with Crippen LogP contribution in [0.2, 0.25) is 0 Å². The van der Waals surface area contributed by atoms with Crippen LogP contribution in [0.4, 0.5) is 4.79 Å². The van der Waals surface area contributed by atoms with E-state index in [0.29, 0.717) is 39.4 Å². The number of alkyl carbamates (subject to hydrolysis) is 1. The monoisotopic (exact) mass is 759 g/mol. The van der Waals surface area contributed by atoms with Crippen molar-refractivity contribution in [2.24, 2.45) is 5.41 Å². The van der Waals surface area contributed by atoms with Crippen molar-refractivity contribution in [3.8, 4) is 10.4 Å². The van der Waals surface area contributed by atoms with E-state index in [0.717, 1.165) is 21.7 Å². The molecule has 15 heteroatoms. The fourth-order valence-electron chi connectivity index (χ4n) is 5.62. The average molecular weight is 760 g/mol. The molecule has 294 valence electrons. The summed E-state index contributed by atoms with van der Waals surface area (Å²) >= 11 is 1.57. The summed E-state index contributed by atoms with van der Waals surface area (Å²) in [5, 5.41) is 18.8. The normalized spacial score (nSPS) is 16.6. The van der Waals surface area contributed by atoms with Gasteiger partial charge in [0.05, 0.1) is 42.0 Å². The zero-order chi connectivity index (χ0) is 39.2. The zero-order valence-corrected chi connectivity index (χ0v) is 32.9. The highest BCUT2D eigenvalue weighted by Crippen LogP contribution is 2.28. The van der Waals surface area contributed by atoms with Crippen molar-refractivity contribution in [1.29, 1.82) is 0 Å². The van der Waals surface area contributed by atoms with Gasteiger partial charge in [0.25, 0.3) is 0 Å². The number of aromatic nitrogens is 1. The third kappa shape index (κ3) is 15.2. The standard InChI is InChI=1S/C38H57N5O9S/c1-25-32(53-24-41-25)27-12-10-26(11-13-27)22-40-34(47)30-21-29(45)23-43(30)35(48)33(37(2,3)4)42-31(46)15-14-28(44)9-8-17-50-19-20-51-18-16-39-36(49)52-38(5,6)7/h10-13,24,29-30,33,45H,8-9,14-23H2,1-7H3,(H,39,49)(H,40,47)(H,42,46)/t29-,30+,33-/m1/s1. The highest BCUT2D eigenvalue weighted by molar-refractivity contribution is 7.13. The predicted octanol–water partition coefficient (Wildman–Crippen LogP) is 3.91. The number of benzene rings is 1. The van der Waals surface area contributed by atoms with E-state index < -0.39 is 47.1 Å². The van der Waals surface area contributed by atoms with E-state index in [2.05, 4.69) is 20.9 Å². The molecule has 14 nitrogen and oxygen atoms in total. The molecule has 1 aliphatic rings. The van der Waals surface area contributed by atoms with Crippen molar-refractivity contribution in [3.63, 3.8) is 0 Å². The minimum atomic E-state index is -0.975. The number of carbonyl (C=O) groups excluding carboxylic acids is 5. The maximum atomic E-state index is 13.9. The van der Waals surface area contributed by atoms with Gasteiger partial charge < -0.3 is 40.2 Å². The van der Waals surface area contributed by atoms with E-state index >= 15 is 0 Å². The molecule has 3 rings (SSSR count). The van der Waals surface area contributed by atoms with Crippen molar-refractivity contribution in [2.45, 2.75) is 111 Å². The molecule has 53 heavy (non-hydrogen) atoms. The Morgan fingerprint density at radius 3 is 2.25 bits per heavy atom. The largest absolute Gasteiger partial charge is 0.444 e. The number of rotatable bonds is 19. The first-order valence-corrected chi connectivity index (χ1v) is 19.0. The minimum absolute atomic E-state index is 0.0168.